The second-order valence-corrected chi connectivity index (χ2v) is 5.08. The van der Waals surface area contributed by atoms with Gasteiger partial charge in [0.05, 0.1) is 10.8 Å². The molecule has 6 nitrogen and oxygen atoms in total. The smallest absolute Gasteiger partial charge is 0.272 e. The van der Waals surface area contributed by atoms with Gasteiger partial charge in [-0.3, -0.25) is 14.9 Å². The highest BCUT2D eigenvalue weighted by atomic mass is 16.6. The molecule has 2 N–H and O–H groups in total. The molecule has 108 valence electrons. The van der Waals surface area contributed by atoms with Gasteiger partial charge >= 0.3 is 0 Å². The largest absolute Gasteiger partial charge is 0.352 e. The van der Waals surface area contributed by atoms with Crippen LogP contribution in [0.2, 0.25) is 0 Å². The quantitative estimate of drug-likeness (QED) is 0.645. The van der Waals surface area contributed by atoms with Gasteiger partial charge in [0.15, 0.2) is 0 Å². The van der Waals surface area contributed by atoms with Crippen molar-refractivity contribution in [3.8, 4) is 0 Å². The number of hydrogen-bond acceptors (Lipinski definition) is 4. The Hall–Kier alpha value is -1.95. The zero-order valence-corrected chi connectivity index (χ0v) is 11.5. The number of piperidine rings is 1. The van der Waals surface area contributed by atoms with Crippen molar-refractivity contribution in [3.05, 3.63) is 39.4 Å². The van der Waals surface area contributed by atoms with E-state index in [4.69, 9.17) is 0 Å². The molecule has 1 atom stereocenters. The van der Waals surface area contributed by atoms with Gasteiger partial charge in [0.25, 0.3) is 5.69 Å². The minimum atomic E-state index is -0.397. The maximum atomic E-state index is 12.0. The lowest BCUT2D eigenvalue weighted by Crippen LogP contribution is -2.40. The lowest BCUT2D eigenvalue weighted by molar-refractivity contribution is -0.385. The van der Waals surface area contributed by atoms with E-state index in [0.29, 0.717) is 18.7 Å². The molecule has 6 heteroatoms. The lowest BCUT2D eigenvalue weighted by atomic mass is 9.98. The molecule has 2 rings (SSSR count). The molecular weight excluding hydrogens is 258 g/mol. The van der Waals surface area contributed by atoms with Gasteiger partial charge in [-0.2, -0.15) is 0 Å². The van der Waals surface area contributed by atoms with E-state index < -0.39 is 4.92 Å². The minimum absolute atomic E-state index is 0.00255. The summed E-state index contributed by atoms with van der Waals surface area (Å²) in [5.41, 5.74) is 1.49. The zero-order valence-electron chi connectivity index (χ0n) is 11.5. The molecule has 1 saturated heterocycles. The van der Waals surface area contributed by atoms with E-state index in [1.165, 1.54) is 6.07 Å². The maximum Gasteiger partial charge on any atom is 0.272 e. The first-order valence-electron chi connectivity index (χ1n) is 6.81. The molecule has 0 radical (unpaired) electrons. The maximum absolute atomic E-state index is 12.0. The SMILES string of the molecule is Cc1c(CNC(=O)C2CCCNC2)cccc1[N+](=O)[O-]. The fraction of sp³-hybridized carbons (Fsp3) is 0.500. The average molecular weight is 277 g/mol. The first-order valence-corrected chi connectivity index (χ1v) is 6.81. The highest BCUT2D eigenvalue weighted by Crippen LogP contribution is 2.21. The van der Waals surface area contributed by atoms with Crippen molar-refractivity contribution in [2.24, 2.45) is 5.92 Å². The highest BCUT2D eigenvalue weighted by Gasteiger charge is 2.21. The number of carbonyl (C=O) groups is 1. The summed E-state index contributed by atoms with van der Waals surface area (Å²) in [5, 5.41) is 16.9. The number of nitrogens with one attached hydrogen (secondary N) is 2. The van der Waals surface area contributed by atoms with Crippen molar-refractivity contribution >= 4 is 11.6 Å². The summed E-state index contributed by atoms with van der Waals surface area (Å²) < 4.78 is 0. The van der Waals surface area contributed by atoms with Crippen LogP contribution in [0.1, 0.15) is 24.0 Å². The normalized spacial score (nSPS) is 18.6. The number of benzene rings is 1. The van der Waals surface area contributed by atoms with Crippen molar-refractivity contribution in [2.45, 2.75) is 26.3 Å². The number of rotatable bonds is 4. The van der Waals surface area contributed by atoms with Gasteiger partial charge in [0, 0.05) is 24.7 Å². The summed E-state index contributed by atoms with van der Waals surface area (Å²) in [7, 11) is 0. The Labute approximate surface area is 117 Å². The molecule has 1 fully saturated rings. The van der Waals surface area contributed by atoms with E-state index in [9.17, 15) is 14.9 Å². The molecule has 1 amide bonds. The Balaban J connectivity index is 1.98. The van der Waals surface area contributed by atoms with E-state index in [2.05, 4.69) is 10.6 Å². The molecule has 1 heterocycles. The second-order valence-electron chi connectivity index (χ2n) is 5.08. The van der Waals surface area contributed by atoms with Gasteiger partial charge in [0.1, 0.15) is 0 Å². The average Bonchev–Trinajstić information content (AvgIpc) is 2.46. The molecule has 1 aliphatic rings. The molecule has 1 aromatic rings. The number of hydrogen-bond donors (Lipinski definition) is 2. The van der Waals surface area contributed by atoms with Crippen LogP contribution in [0.4, 0.5) is 5.69 Å². The summed E-state index contributed by atoms with van der Waals surface area (Å²) in [6, 6.07) is 4.93. The summed E-state index contributed by atoms with van der Waals surface area (Å²) in [6.07, 6.45) is 1.90. The van der Waals surface area contributed by atoms with E-state index in [1.807, 2.05) is 6.07 Å². The predicted molar refractivity (Wildman–Crippen MR) is 75.3 cm³/mol. The number of carbonyl (C=O) groups excluding carboxylic acids is 1. The summed E-state index contributed by atoms with van der Waals surface area (Å²) in [5.74, 6) is 0.0193. The molecule has 20 heavy (non-hydrogen) atoms. The number of nitro benzene ring substituents is 1. The molecule has 1 aromatic carbocycles. The Morgan fingerprint density at radius 3 is 3.00 bits per heavy atom. The van der Waals surface area contributed by atoms with Crippen LogP contribution >= 0.6 is 0 Å². The molecule has 0 aromatic heterocycles. The standard InChI is InChI=1S/C14H19N3O3/c1-10-11(4-2-6-13(10)17(19)20)9-16-14(18)12-5-3-7-15-8-12/h2,4,6,12,15H,3,5,7-9H2,1H3,(H,16,18). The van der Waals surface area contributed by atoms with E-state index in [0.717, 1.165) is 24.9 Å². The van der Waals surface area contributed by atoms with Crippen molar-refractivity contribution in [2.75, 3.05) is 13.1 Å². The van der Waals surface area contributed by atoms with Crippen molar-refractivity contribution in [1.82, 2.24) is 10.6 Å². The van der Waals surface area contributed by atoms with Crippen LogP contribution < -0.4 is 10.6 Å². The fourth-order valence-corrected chi connectivity index (χ4v) is 2.46. The summed E-state index contributed by atoms with van der Waals surface area (Å²) >= 11 is 0. The lowest BCUT2D eigenvalue weighted by Gasteiger charge is -2.22. The van der Waals surface area contributed by atoms with Crippen molar-refractivity contribution in [1.29, 1.82) is 0 Å². The predicted octanol–water partition coefficient (Wildman–Crippen LogP) is 1.52. The summed E-state index contributed by atoms with van der Waals surface area (Å²) in [4.78, 5) is 22.5. The minimum Gasteiger partial charge on any atom is -0.352 e. The molecule has 0 spiro atoms. The van der Waals surface area contributed by atoms with Gasteiger partial charge in [-0.15, -0.1) is 0 Å². The van der Waals surface area contributed by atoms with Crippen molar-refractivity contribution < 1.29 is 9.72 Å². The Bertz CT molecular complexity index is 510. The molecule has 0 aliphatic carbocycles. The number of amides is 1. The Kier molecular flexibility index (Phi) is 4.68. The van der Waals surface area contributed by atoms with Crippen molar-refractivity contribution in [3.63, 3.8) is 0 Å². The fourth-order valence-electron chi connectivity index (χ4n) is 2.46. The highest BCUT2D eigenvalue weighted by molar-refractivity contribution is 5.79. The van der Waals surface area contributed by atoms with Gasteiger partial charge < -0.3 is 10.6 Å². The van der Waals surface area contributed by atoms with Crippen LogP contribution in [0.25, 0.3) is 0 Å². The molecule has 0 bridgehead atoms. The number of nitrogens with zero attached hydrogens (tertiary/aromatic N) is 1. The Morgan fingerprint density at radius 2 is 2.35 bits per heavy atom. The van der Waals surface area contributed by atoms with E-state index >= 15 is 0 Å². The summed E-state index contributed by atoms with van der Waals surface area (Å²) in [6.45, 7) is 3.72. The monoisotopic (exact) mass is 277 g/mol. The van der Waals surface area contributed by atoms with E-state index in [-0.39, 0.29) is 17.5 Å². The molecule has 1 unspecified atom stereocenters. The molecule has 0 saturated carbocycles. The third kappa shape index (κ3) is 3.33. The van der Waals surface area contributed by atoms with Gasteiger partial charge in [0.2, 0.25) is 5.91 Å². The first-order chi connectivity index (χ1) is 9.59. The van der Waals surface area contributed by atoms with Gasteiger partial charge in [-0.25, -0.2) is 0 Å². The van der Waals surface area contributed by atoms with Crippen LogP contribution in [0, 0.1) is 23.0 Å². The zero-order chi connectivity index (χ0) is 14.5. The van der Waals surface area contributed by atoms with E-state index in [1.54, 1.807) is 13.0 Å². The van der Waals surface area contributed by atoms with Gasteiger partial charge in [-0.1, -0.05) is 12.1 Å². The van der Waals surface area contributed by atoms with Crippen LogP contribution in [-0.2, 0) is 11.3 Å². The van der Waals surface area contributed by atoms with Crippen LogP contribution in [0.5, 0.6) is 0 Å². The third-order valence-corrected chi connectivity index (χ3v) is 3.73. The first kappa shape index (κ1) is 14.5. The van der Waals surface area contributed by atoms with Crippen LogP contribution in [0.15, 0.2) is 18.2 Å². The molecular formula is C14H19N3O3. The Morgan fingerprint density at radius 1 is 1.55 bits per heavy atom. The third-order valence-electron chi connectivity index (χ3n) is 3.73. The van der Waals surface area contributed by atoms with Gasteiger partial charge in [-0.05, 0) is 31.9 Å². The molecule has 1 aliphatic heterocycles. The topological polar surface area (TPSA) is 84.3 Å². The number of nitro groups is 1. The second kappa shape index (κ2) is 6.47. The van der Waals surface area contributed by atoms with Crippen LogP contribution in [0.3, 0.4) is 0 Å². The van der Waals surface area contributed by atoms with Crippen LogP contribution in [-0.4, -0.2) is 23.9 Å².